The fraction of sp³-hybridized carbons (Fsp3) is 0.474. The summed E-state index contributed by atoms with van der Waals surface area (Å²) in [6.07, 6.45) is 0.229. The Bertz CT molecular complexity index is 739. The Hall–Kier alpha value is -3.10. The predicted octanol–water partition coefficient (Wildman–Crippen LogP) is 0.0360. The first-order chi connectivity index (χ1) is 13.5. The van der Waals surface area contributed by atoms with Gasteiger partial charge in [-0.2, -0.15) is 0 Å². The molecule has 0 N–H and O–H groups in total. The maximum atomic E-state index is 12.3. The van der Waals surface area contributed by atoms with Gasteiger partial charge in [0.05, 0.1) is 7.11 Å². The number of ether oxygens (including phenoxy) is 2. The molecule has 150 valence electrons. The monoisotopic (exact) mass is 389 g/mol. The van der Waals surface area contributed by atoms with Gasteiger partial charge in [0.1, 0.15) is 12.3 Å². The Morgan fingerprint density at radius 3 is 2.14 bits per heavy atom. The topological polar surface area (TPSA) is 96.5 Å². The van der Waals surface area contributed by atoms with Crippen molar-refractivity contribution in [2.45, 2.75) is 12.8 Å². The number of esters is 1. The molecule has 9 heteroatoms. The van der Waals surface area contributed by atoms with Gasteiger partial charge in [0.25, 0.3) is 5.91 Å². The normalized spacial score (nSPS) is 17.1. The molecule has 1 aromatic carbocycles. The summed E-state index contributed by atoms with van der Waals surface area (Å²) in [6, 6.07) is 7.72. The number of benzene rings is 1. The number of nitrogens with zero attached hydrogens (tertiary/aromatic N) is 3. The minimum Gasteiger partial charge on any atom is -0.497 e. The molecule has 1 aromatic rings. The molecule has 2 saturated heterocycles. The van der Waals surface area contributed by atoms with E-state index in [1.807, 2.05) is 24.3 Å². The van der Waals surface area contributed by atoms with Crippen molar-refractivity contribution in [2.24, 2.45) is 0 Å². The van der Waals surface area contributed by atoms with E-state index in [1.165, 1.54) is 0 Å². The highest BCUT2D eigenvalue weighted by molar-refractivity contribution is 6.04. The predicted molar refractivity (Wildman–Crippen MR) is 98.7 cm³/mol. The largest absolute Gasteiger partial charge is 0.497 e. The van der Waals surface area contributed by atoms with E-state index >= 15 is 0 Å². The molecule has 0 unspecified atom stereocenters. The molecule has 2 fully saturated rings. The molecular formula is C19H23N3O6. The van der Waals surface area contributed by atoms with Gasteiger partial charge in [0, 0.05) is 44.7 Å². The molecular weight excluding hydrogens is 366 g/mol. The van der Waals surface area contributed by atoms with Crippen LogP contribution in [-0.2, 0) is 23.9 Å². The molecule has 0 spiro atoms. The standard InChI is InChI=1S/C19H23N3O6/c1-27-15-4-2-14(3-5-15)20-8-10-21(11-9-20)18(25)13-28-19(26)12-22-16(23)6-7-17(22)24/h2-5H,6-13H2,1H3. The zero-order chi connectivity index (χ0) is 20.1. The summed E-state index contributed by atoms with van der Waals surface area (Å²) < 4.78 is 10.1. The van der Waals surface area contributed by atoms with Gasteiger partial charge in [0.2, 0.25) is 11.8 Å². The van der Waals surface area contributed by atoms with Crippen molar-refractivity contribution in [1.82, 2.24) is 9.80 Å². The zero-order valence-electron chi connectivity index (χ0n) is 15.8. The summed E-state index contributed by atoms with van der Waals surface area (Å²) in [4.78, 5) is 51.8. The van der Waals surface area contributed by atoms with Crippen molar-refractivity contribution in [1.29, 1.82) is 0 Å². The van der Waals surface area contributed by atoms with Crippen LogP contribution < -0.4 is 9.64 Å². The molecule has 2 aliphatic heterocycles. The summed E-state index contributed by atoms with van der Waals surface area (Å²) in [5, 5.41) is 0. The van der Waals surface area contributed by atoms with E-state index in [9.17, 15) is 19.2 Å². The fourth-order valence-electron chi connectivity index (χ4n) is 3.21. The Balaban J connectivity index is 1.41. The third-order valence-corrected chi connectivity index (χ3v) is 4.87. The maximum Gasteiger partial charge on any atom is 0.326 e. The molecule has 0 radical (unpaired) electrons. The quantitative estimate of drug-likeness (QED) is 0.500. The highest BCUT2D eigenvalue weighted by atomic mass is 16.5. The zero-order valence-corrected chi connectivity index (χ0v) is 15.8. The number of piperazine rings is 1. The van der Waals surface area contributed by atoms with Gasteiger partial charge in [-0.1, -0.05) is 0 Å². The third kappa shape index (κ3) is 4.59. The Labute approximate surface area is 162 Å². The van der Waals surface area contributed by atoms with Crippen LogP contribution in [0.1, 0.15) is 12.8 Å². The van der Waals surface area contributed by atoms with Crippen LogP contribution in [0.25, 0.3) is 0 Å². The Morgan fingerprint density at radius 2 is 1.57 bits per heavy atom. The minimum atomic E-state index is -0.756. The molecule has 0 aromatic heterocycles. The van der Waals surface area contributed by atoms with Crippen LogP contribution in [0, 0.1) is 0 Å². The van der Waals surface area contributed by atoms with Gasteiger partial charge in [-0.15, -0.1) is 0 Å². The molecule has 2 aliphatic rings. The van der Waals surface area contributed by atoms with Gasteiger partial charge in [-0.3, -0.25) is 24.1 Å². The first-order valence-corrected chi connectivity index (χ1v) is 9.13. The number of anilines is 1. The second-order valence-electron chi connectivity index (χ2n) is 6.60. The first-order valence-electron chi connectivity index (χ1n) is 9.13. The van der Waals surface area contributed by atoms with Gasteiger partial charge in [-0.05, 0) is 24.3 Å². The third-order valence-electron chi connectivity index (χ3n) is 4.87. The van der Waals surface area contributed by atoms with Crippen LogP contribution in [0.15, 0.2) is 24.3 Å². The lowest BCUT2D eigenvalue weighted by Gasteiger charge is -2.36. The summed E-state index contributed by atoms with van der Waals surface area (Å²) in [6.45, 7) is 1.55. The second kappa shape index (κ2) is 8.73. The lowest BCUT2D eigenvalue weighted by molar-refractivity contribution is -0.156. The summed E-state index contributed by atoms with van der Waals surface area (Å²) >= 11 is 0. The molecule has 0 saturated carbocycles. The van der Waals surface area contributed by atoms with E-state index in [2.05, 4.69) is 4.90 Å². The molecule has 28 heavy (non-hydrogen) atoms. The SMILES string of the molecule is COc1ccc(N2CCN(C(=O)COC(=O)CN3C(=O)CCC3=O)CC2)cc1. The van der Waals surface area contributed by atoms with Gasteiger partial charge >= 0.3 is 5.97 Å². The van der Waals surface area contributed by atoms with Crippen LogP contribution in [0.3, 0.4) is 0 Å². The molecule has 0 atom stereocenters. The van der Waals surface area contributed by atoms with Gasteiger partial charge in [0.15, 0.2) is 6.61 Å². The number of carbonyl (C=O) groups is 4. The van der Waals surface area contributed by atoms with E-state index in [0.717, 1.165) is 16.3 Å². The molecule has 9 nitrogen and oxygen atoms in total. The second-order valence-corrected chi connectivity index (χ2v) is 6.60. The summed E-state index contributed by atoms with van der Waals surface area (Å²) in [5.74, 6) is -1.03. The van der Waals surface area contributed by atoms with Crippen LogP contribution in [0.4, 0.5) is 5.69 Å². The number of hydrogen-bond acceptors (Lipinski definition) is 7. The Kier molecular flexibility index (Phi) is 6.13. The number of carbonyl (C=O) groups excluding carboxylic acids is 4. The molecule has 2 heterocycles. The van der Waals surface area contributed by atoms with Crippen molar-refractivity contribution < 1.29 is 28.7 Å². The molecule has 3 rings (SSSR count). The number of amides is 3. The van der Waals surface area contributed by atoms with E-state index in [1.54, 1.807) is 12.0 Å². The molecule has 0 bridgehead atoms. The van der Waals surface area contributed by atoms with Crippen molar-refractivity contribution in [3.8, 4) is 5.75 Å². The van der Waals surface area contributed by atoms with Crippen LogP contribution in [-0.4, -0.2) is 79.9 Å². The van der Waals surface area contributed by atoms with E-state index in [-0.39, 0.29) is 30.6 Å². The van der Waals surface area contributed by atoms with Crippen molar-refractivity contribution in [3.05, 3.63) is 24.3 Å². The van der Waals surface area contributed by atoms with Crippen molar-refractivity contribution >= 4 is 29.4 Å². The number of likely N-dealkylation sites (tertiary alicyclic amines) is 1. The maximum absolute atomic E-state index is 12.3. The van der Waals surface area contributed by atoms with E-state index in [4.69, 9.17) is 9.47 Å². The smallest absolute Gasteiger partial charge is 0.326 e. The summed E-state index contributed by atoms with van der Waals surface area (Å²) in [5.41, 5.74) is 1.05. The average molecular weight is 389 g/mol. The number of imide groups is 1. The average Bonchev–Trinajstić information content (AvgIpc) is 3.04. The Morgan fingerprint density at radius 1 is 0.964 bits per heavy atom. The van der Waals surface area contributed by atoms with Crippen LogP contribution in [0.5, 0.6) is 5.75 Å². The summed E-state index contributed by atoms with van der Waals surface area (Å²) in [7, 11) is 1.62. The van der Waals surface area contributed by atoms with E-state index < -0.39 is 19.1 Å². The number of methoxy groups -OCH3 is 1. The van der Waals surface area contributed by atoms with Crippen molar-refractivity contribution in [2.75, 3.05) is 51.3 Å². The van der Waals surface area contributed by atoms with Gasteiger partial charge < -0.3 is 19.3 Å². The minimum absolute atomic E-state index is 0.115. The number of rotatable bonds is 6. The molecule has 0 aliphatic carbocycles. The highest BCUT2D eigenvalue weighted by Crippen LogP contribution is 2.20. The fourth-order valence-corrected chi connectivity index (χ4v) is 3.21. The lowest BCUT2D eigenvalue weighted by Crippen LogP contribution is -2.50. The van der Waals surface area contributed by atoms with Crippen LogP contribution >= 0.6 is 0 Å². The number of hydrogen-bond donors (Lipinski definition) is 0. The highest BCUT2D eigenvalue weighted by Gasteiger charge is 2.31. The van der Waals surface area contributed by atoms with Crippen LogP contribution in [0.2, 0.25) is 0 Å². The van der Waals surface area contributed by atoms with Gasteiger partial charge in [-0.25, -0.2) is 0 Å². The lowest BCUT2D eigenvalue weighted by atomic mass is 10.2. The first kappa shape index (κ1) is 19.7. The molecule has 3 amide bonds. The van der Waals surface area contributed by atoms with E-state index in [0.29, 0.717) is 26.2 Å². The van der Waals surface area contributed by atoms with Crippen molar-refractivity contribution in [3.63, 3.8) is 0 Å².